The molecular weight excluding hydrogens is 232 g/mol. The maximum absolute atomic E-state index is 11.4. The second kappa shape index (κ2) is 6.07. The van der Waals surface area contributed by atoms with Gasteiger partial charge in [-0.25, -0.2) is 4.98 Å². The lowest BCUT2D eigenvalue weighted by molar-refractivity contribution is -0.141. The zero-order valence-electron chi connectivity index (χ0n) is 8.70. The highest BCUT2D eigenvalue weighted by Crippen LogP contribution is 2.17. The molecule has 0 aliphatic carbocycles. The van der Waals surface area contributed by atoms with E-state index in [2.05, 4.69) is 15.0 Å². The van der Waals surface area contributed by atoms with Crippen LogP contribution in [0.4, 0.5) is 5.69 Å². The maximum atomic E-state index is 11.4. The van der Waals surface area contributed by atoms with E-state index in [0.29, 0.717) is 5.69 Å². The summed E-state index contributed by atoms with van der Waals surface area (Å²) in [6.45, 7) is 0. The van der Waals surface area contributed by atoms with Crippen LogP contribution in [0.1, 0.15) is 12.8 Å². The molecule has 5 nitrogen and oxygen atoms in total. The fourth-order valence-electron chi connectivity index (χ4n) is 1.01. The monoisotopic (exact) mass is 242 g/mol. The van der Waals surface area contributed by atoms with E-state index in [9.17, 15) is 9.59 Å². The summed E-state index contributed by atoms with van der Waals surface area (Å²) in [5.74, 6) is -0.729. The van der Waals surface area contributed by atoms with Gasteiger partial charge in [0.25, 0.3) is 0 Å². The van der Waals surface area contributed by atoms with Gasteiger partial charge in [-0.05, 0) is 12.1 Å². The van der Waals surface area contributed by atoms with E-state index in [1.807, 2.05) is 0 Å². The molecule has 0 aliphatic heterocycles. The molecule has 0 aliphatic rings. The molecule has 6 heteroatoms. The lowest BCUT2D eigenvalue weighted by Crippen LogP contribution is -2.14. The topological polar surface area (TPSA) is 68.3 Å². The van der Waals surface area contributed by atoms with E-state index in [1.54, 1.807) is 12.1 Å². The van der Waals surface area contributed by atoms with E-state index in [0.717, 1.165) is 0 Å². The number of esters is 1. The number of nitrogens with one attached hydrogen (secondary N) is 1. The van der Waals surface area contributed by atoms with Crippen molar-refractivity contribution >= 4 is 29.2 Å². The Morgan fingerprint density at radius 3 is 2.88 bits per heavy atom. The molecule has 1 amide bonds. The van der Waals surface area contributed by atoms with Crippen molar-refractivity contribution in [2.75, 3.05) is 12.4 Å². The van der Waals surface area contributed by atoms with E-state index in [-0.39, 0.29) is 23.9 Å². The number of methoxy groups -OCH3 is 1. The first-order chi connectivity index (χ1) is 7.63. The number of nitrogens with zero attached hydrogens (tertiary/aromatic N) is 1. The Balaban J connectivity index is 2.46. The van der Waals surface area contributed by atoms with Gasteiger partial charge in [-0.1, -0.05) is 11.6 Å². The van der Waals surface area contributed by atoms with Crippen LogP contribution in [0.3, 0.4) is 0 Å². The average Bonchev–Trinajstić information content (AvgIpc) is 2.29. The number of halogens is 1. The van der Waals surface area contributed by atoms with Gasteiger partial charge in [0, 0.05) is 12.6 Å². The first-order valence-corrected chi connectivity index (χ1v) is 4.98. The SMILES string of the molecule is COC(=O)CCC(=O)Nc1cccnc1Cl. The third-order valence-electron chi connectivity index (χ3n) is 1.82. The molecule has 1 aromatic heterocycles. The van der Waals surface area contributed by atoms with Gasteiger partial charge >= 0.3 is 5.97 Å². The standard InChI is InChI=1S/C10H11ClN2O3/c1-16-9(15)5-4-8(14)13-7-3-2-6-12-10(7)11/h2-3,6H,4-5H2,1H3,(H,13,14). The molecule has 1 N–H and O–H groups in total. The summed E-state index contributed by atoms with van der Waals surface area (Å²) in [6.07, 6.45) is 1.62. The molecule has 16 heavy (non-hydrogen) atoms. The van der Waals surface area contributed by atoms with Crippen LogP contribution >= 0.6 is 11.6 Å². The maximum Gasteiger partial charge on any atom is 0.306 e. The van der Waals surface area contributed by atoms with Gasteiger partial charge in [0.1, 0.15) is 0 Å². The number of carbonyl (C=O) groups is 2. The van der Waals surface area contributed by atoms with Gasteiger partial charge in [0.05, 0.1) is 19.2 Å². The molecular formula is C10H11ClN2O3. The summed E-state index contributed by atoms with van der Waals surface area (Å²) in [4.78, 5) is 26.0. The molecule has 0 bridgehead atoms. The van der Waals surface area contributed by atoms with Gasteiger partial charge in [0.2, 0.25) is 5.91 Å². The van der Waals surface area contributed by atoms with Gasteiger partial charge in [-0.3, -0.25) is 9.59 Å². The van der Waals surface area contributed by atoms with Crippen molar-refractivity contribution in [3.05, 3.63) is 23.5 Å². The fraction of sp³-hybridized carbons (Fsp3) is 0.300. The molecule has 86 valence electrons. The van der Waals surface area contributed by atoms with Crippen molar-refractivity contribution in [2.45, 2.75) is 12.8 Å². The molecule has 0 saturated heterocycles. The summed E-state index contributed by atoms with van der Waals surface area (Å²) in [5, 5.41) is 2.77. The second-order valence-corrected chi connectivity index (χ2v) is 3.32. The third kappa shape index (κ3) is 3.86. The van der Waals surface area contributed by atoms with Crippen LogP contribution < -0.4 is 5.32 Å². The number of carbonyl (C=O) groups excluding carboxylic acids is 2. The number of amides is 1. The summed E-state index contributed by atoms with van der Waals surface area (Å²) in [7, 11) is 1.28. The van der Waals surface area contributed by atoms with Gasteiger partial charge in [0.15, 0.2) is 5.15 Å². The minimum absolute atomic E-state index is 0.0419. The van der Waals surface area contributed by atoms with E-state index in [1.165, 1.54) is 13.3 Å². The Kier molecular flexibility index (Phi) is 4.72. The number of pyridine rings is 1. The lowest BCUT2D eigenvalue weighted by Gasteiger charge is -2.05. The first kappa shape index (κ1) is 12.4. The summed E-state index contributed by atoms with van der Waals surface area (Å²) in [5.41, 5.74) is 0.430. The number of hydrogen-bond donors (Lipinski definition) is 1. The fourth-order valence-corrected chi connectivity index (χ4v) is 1.18. The third-order valence-corrected chi connectivity index (χ3v) is 2.12. The van der Waals surface area contributed by atoms with Crippen LogP contribution in [0, 0.1) is 0 Å². The number of rotatable bonds is 4. The largest absolute Gasteiger partial charge is 0.469 e. The van der Waals surface area contributed by atoms with Crippen molar-refractivity contribution in [2.24, 2.45) is 0 Å². The number of hydrogen-bond acceptors (Lipinski definition) is 4. The Morgan fingerprint density at radius 1 is 1.50 bits per heavy atom. The van der Waals surface area contributed by atoms with Gasteiger partial charge in [-0.15, -0.1) is 0 Å². The van der Waals surface area contributed by atoms with Crippen LogP contribution in [0.5, 0.6) is 0 Å². The summed E-state index contributed by atoms with van der Waals surface area (Å²) >= 11 is 5.74. The number of anilines is 1. The Hall–Kier alpha value is -1.62. The highest BCUT2D eigenvalue weighted by Gasteiger charge is 2.08. The predicted octanol–water partition coefficient (Wildman–Crippen LogP) is 1.63. The zero-order valence-corrected chi connectivity index (χ0v) is 9.45. The summed E-state index contributed by atoms with van der Waals surface area (Å²) in [6, 6.07) is 3.28. The Labute approximate surface area is 97.8 Å². The van der Waals surface area contributed by atoms with E-state index >= 15 is 0 Å². The smallest absolute Gasteiger partial charge is 0.306 e. The molecule has 0 atom stereocenters. The van der Waals surface area contributed by atoms with Crippen LogP contribution in [-0.4, -0.2) is 24.0 Å². The van der Waals surface area contributed by atoms with Gasteiger partial charge in [-0.2, -0.15) is 0 Å². The van der Waals surface area contributed by atoms with Crippen molar-refractivity contribution in [1.82, 2.24) is 4.98 Å². The van der Waals surface area contributed by atoms with Crippen molar-refractivity contribution < 1.29 is 14.3 Å². The summed E-state index contributed by atoms with van der Waals surface area (Å²) < 4.78 is 4.42. The highest BCUT2D eigenvalue weighted by atomic mass is 35.5. The second-order valence-electron chi connectivity index (χ2n) is 2.97. The van der Waals surface area contributed by atoms with Crippen LogP contribution in [0.15, 0.2) is 18.3 Å². The van der Waals surface area contributed by atoms with Crippen molar-refractivity contribution in [3.63, 3.8) is 0 Å². The molecule has 0 fully saturated rings. The predicted molar refractivity (Wildman–Crippen MR) is 59.1 cm³/mol. The minimum Gasteiger partial charge on any atom is -0.469 e. The molecule has 1 aromatic rings. The number of aromatic nitrogens is 1. The molecule has 1 heterocycles. The van der Waals surface area contributed by atoms with Crippen LogP contribution in [0.25, 0.3) is 0 Å². The Morgan fingerprint density at radius 2 is 2.25 bits per heavy atom. The van der Waals surface area contributed by atoms with Crippen LogP contribution in [0.2, 0.25) is 5.15 Å². The van der Waals surface area contributed by atoms with Crippen molar-refractivity contribution in [3.8, 4) is 0 Å². The lowest BCUT2D eigenvalue weighted by atomic mass is 10.3. The average molecular weight is 243 g/mol. The van der Waals surface area contributed by atoms with Gasteiger partial charge < -0.3 is 10.1 Å². The van der Waals surface area contributed by atoms with E-state index < -0.39 is 5.97 Å². The Bertz CT molecular complexity index is 395. The zero-order chi connectivity index (χ0) is 12.0. The van der Waals surface area contributed by atoms with E-state index in [4.69, 9.17) is 11.6 Å². The quantitative estimate of drug-likeness (QED) is 0.644. The minimum atomic E-state index is -0.424. The molecule has 0 saturated carbocycles. The van der Waals surface area contributed by atoms with Crippen molar-refractivity contribution in [1.29, 1.82) is 0 Å². The molecule has 0 aromatic carbocycles. The highest BCUT2D eigenvalue weighted by molar-refractivity contribution is 6.32. The molecule has 0 spiro atoms. The normalized spacial score (nSPS) is 9.62. The molecule has 0 radical (unpaired) electrons. The molecule has 1 rings (SSSR count). The number of ether oxygens (including phenoxy) is 1. The molecule has 0 unspecified atom stereocenters. The first-order valence-electron chi connectivity index (χ1n) is 4.60. The van der Waals surface area contributed by atoms with Crippen LogP contribution in [-0.2, 0) is 14.3 Å².